The standard InChI is InChI=1S/C26H36O8/c1-7-8-21(28)33-19-11-9-14(2)13-20-26(31,16(4)24(30)34-20)23(29)22-15(3)10-12-18(25(19,22)6)32-17(5)27/h10,13,16,18-20,22,31H,7-9,11-12H2,1-6H3. The number of hydrogen-bond acceptors (Lipinski definition) is 8. The van der Waals surface area contributed by atoms with Crippen molar-refractivity contribution in [2.24, 2.45) is 17.3 Å². The van der Waals surface area contributed by atoms with Crippen LogP contribution in [0.15, 0.2) is 23.3 Å². The zero-order valence-corrected chi connectivity index (χ0v) is 20.9. The first-order chi connectivity index (χ1) is 15.9. The fourth-order valence-electron chi connectivity index (χ4n) is 5.71. The lowest BCUT2D eigenvalue weighted by Crippen LogP contribution is -2.62. The highest BCUT2D eigenvalue weighted by atomic mass is 16.6. The number of esters is 3. The molecule has 0 radical (unpaired) electrons. The van der Waals surface area contributed by atoms with Crippen LogP contribution >= 0.6 is 0 Å². The highest BCUT2D eigenvalue weighted by molar-refractivity contribution is 5.99. The van der Waals surface area contributed by atoms with Gasteiger partial charge in [-0.3, -0.25) is 19.2 Å². The van der Waals surface area contributed by atoms with Crippen molar-refractivity contribution in [1.29, 1.82) is 0 Å². The van der Waals surface area contributed by atoms with E-state index in [0.29, 0.717) is 31.3 Å². The number of ketones is 1. The van der Waals surface area contributed by atoms with Crippen LogP contribution in [0.4, 0.5) is 0 Å². The molecule has 8 heteroatoms. The van der Waals surface area contributed by atoms with Gasteiger partial charge >= 0.3 is 17.9 Å². The summed E-state index contributed by atoms with van der Waals surface area (Å²) in [5, 5.41) is 11.8. The highest BCUT2D eigenvalue weighted by Crippen LogP contribution is 2.52. The fraction of sp³-hybridized carbons (Fsp3) is 0.692. The van der Waals surface area contributed by atoms with Crippen molar-refractivity contribution in [3.05, 3.63) is 23.3 Å². The third kappa shape index (κ3) is 4.32. The van der Waals surface area contributed by atoms with E-state index in [0.717, 1.165) is 5.57 Å². The van der Waals surface area contributed by atoms with Gasteiger partial charge in [0.25, 0.3) is 0 Å². The van der Waals surface area contributed by atoms with Gasteiger partial charge in [-0.25, -0.2) is 0 Å². The summed E-state index contributed by atoms with van der Waals surface area (Å²) in [5.41, 5.74) is -1.79. The summed E-state index contributed by atoms with van der Waals surface area (Å²) in [5.74, 6) is -4.18. The maximum Gasteiger partial charge on any atom is 0.312 e. The summed E-state index contributed by atoms with van der Waals surface area (Å²) in [6, 6.07) is 0. The first-order valence-corrected chi connectivity index (χ1v) is 12.0. The molecule has 0 aromatic rings. The SMILES string of the molecule is CCCC(=O)OC1CCC(C)=CC2OC(=O)C(C)C2(O)C(=O)C2C(C)=CCC(OC(C)=O)C12C. The summed E-state index contributed by atoms with van der Waals surface area (Å²) in [4.78, 5) is 51.4. The van der Waals surface area contributed by atoms with E-state index in [9.17, 15) is 24.3 Å². The summed E-state index contributed by atoms with van der Waals surface area (Å²) in [6.07, 6.45) is 2.84. The molecule has 3 aliphatic rings. The first kappa shape index (κ1) is 26.1. The number of aliphatic hydroxyl groups is 1. The summed E-state index contributed by atoms with van der Waals surface area (Å²) in [6.45, 7) is 10.0. The molecule has 2 aliphatic carbocycles. The predicted molar refractivity (Wildman–Crippen MR) is 122 cm³/mol. The molecule has 8 nitrogen and oxygen atoms in total. The second-order valence-corrected chi connectivity index (χ2v) is 10.1. The Hall–Kier alpha value is -2.48. The van der Waals surface area contributed by atoms with Crippen LogP contribution in [0.5, 0.6) is 0 Å². The van der Waals surface area contributed by atoms with Crippen LogP contribution in [-0.2, 0) is 33.4 Å². The molecule has 0 saturated carbocycles. The largest absolute Gasteiger partial charge is 0.462 e. The Morgan fingerprint density at radius 2 is 1.88 bits per heavy atom. The van der Waals surface area contributed by atoms with Crippen LogP contribution in [0.1, 0.15) is 73.6 Å². The monoisotopic (exact) mass is 476 g/mol. The minimum atomic E-state index is -2.10. The van der Waals surface area contributed by atoms with E-state index in [1.54, 1.807) is 19.9 Å². The van der Waals surface area contributed by atoms with Gasteiger partial charge in [0.05, 0.1) is 17.3 Å². The molecule has 1 saturated heterocycles. The number of hydrogen-bond donors (Lipinski definition) is 1. The smallest absolute Gasteiger partial charge is 0.312 e. The van der Waals surface area contributed by atoms with Gasteiger partial charge < -0.3 is 19.3 Å². The van der Waals surface area contributed by atoms with Crippen molar-refractivity contribution < 1.29 is 38.5 Å². The van der Waals surface area contributed by atoms with Gasteiger partial charge in [-0.1, -0.05) is 31.1 Å². The summed E-state index contributed by atoms with van der Waals surface area (Å²) < 4.78 is 17.1. The van der Waals surface area contributed by atoms with E-state index in [2.05, 4.69) is 0 Å². The average Bonchev–Trinajstić information content (AvgIpc) is 2.96. The zero-order valence-electron chi connectivity index (χ0n) is 20.9. The molecule has 7 unspecified atom stereocenters. The molecule has 3 rings (SSSR count). The quantitative estimate of drug-likeness (QED) is 0.374. The molecular formula is C26H36O8. The maximum atomic E-state index is 14.2. The van der Waals surface area contributed by atoms with Gasteiger partial charge in [-0.05, 0) is 46.1 Å². The Morgan fingerprint density at radius 3 is 2.50 bits per heavy atom. The molecule has 0 bridgehead atoms. The van der Waals surface area contributed by atoms with E-state index in [1.165, 1.54) is 13.8 Å². The minimum Gasteiger partial charge on any atom is -0.462 e. The van der Waals surface area contributed by atoms with Gasteiger partial charge in [-0.15, -0.1) is 0 Å². The van der Waals surface area contributed by atoms with Crippen molar-refractivity contribution in [2.45, 2.75) is 97.6 Å². The molecule has 0 amide bonds. The summed E-state index contributed by atoms with van der Waals surface area (Å²) in [7, 11) is 0. The number of allylic oxidation sites excluding steroid dienone is 2. The number of carbonyl (C=O) groups excluding carboxylic acids is 4. The van der Waals surface area contributed by atoms with E-state index in [1.807, 2.05) is 19.9 Å². The van der Waals surface area contributed by atoms with Crippen LogP contribution < -0.4 is 0 Å². The number of Topliss-reactive ketones (excluding diaryl/α,β-unsaturated/α-hetero) is 1. The third-order valence-corrected chi connectivity index (χ3v) is 7.74. The predicted octanol–water partition coefficient (Wildman–Crippen LogP) is 3.20. The number of fused-ring (bicyclic) bond motifs is 2. The van der Waals surface area contributed by atoms with Crippen molar-refractivity contribution in [3.8, 4) is 0 Å². The lowest BCUT2D eigenvalue weighted by atomic mass is 9.57. The van der Waals surface area contributed by atoms with Gasteiger partial charge in [-0.2, -0.15) is 0 Å². The van der Waals surface area contributed by atoms with Gasteiger partial charge in [0, 0.05) is 19.8 Å². The van der Waals surface area contributed by atoms with Gasteiger partial charge in [0.15, 0.2) is 17.5 Å². The lowest BCUT2D eigenvalue weighted by Gasteiger charge is -2.51. The van der Waals surface area contributed by atoms with Crippen molar-refractivity contribution >= 4 is 23.7 Å². The van der Waals surface area contributed by atoms with Gasteiger partial charge in [0.2, 0.25) is 0 Å². The van der Waals surface area contributed by atoms with Crippen LogP contribution in [0.25, 0.3) is 0 Å². The molecule has 1 N–H and O–H groups in total. The average molecular weight is 477 g/mol. The number of carbonyl (C=O) groups is 4. The molecule has 0 aromatic carbocycles. The van der Waals surface area contributed by atoms with E-state index in [-0.39, 0.29) is 6.42 Å². The minimum absolute atomic E-state index is 0.221. The molecule has 0 aromatic heterocycles. The maximum absolute atomic E-state index is 14.2. The number of rotatable bonds is 4. The van der Waals surface area contributed by atoms with Gasteiger partial charge in [0.1, 0.15) is 12.2 Å². The van der Waals surface area contributed by atoms with Crippen LogP contribution in [0.2, 0.25) is 0 Å². The normalized spacial score (nSPS) is 38.0. The lowest BCUT2D eigenvalue weighted by molar-refractivity contribution is -0.187. The Bertz CT molecular complexity index is 933. The fourth-order valence-corrected chi connectivity index (χ4v) is 5.71. The van der Waals surface area contributed by atoms with Crippen LogP contribution in [0, 0.1) is 17.3 Å². The van der Waals surface area contributed by atoms with Crippen LogP contribution in [0.3, 0.4) is 0 Å². The topological polar surface area (TPSA) is 116 Å². The van der Waals surface area contributed by atoms with E-state index < -0.39 is 64.9 Å². The second-order valence-electron chi connectivity index (χ2n) is 10.1. The molecule has 1 aliphatic heterocycles. The molecule has 1 heterocycles. The first-order valence-electron chi connectivity index (χ1n) is 12.0. The third-order valence-electron chi connectivity index (χ3n) is 7.74. The Morgan fingerprint density at radius 1 is 1.21 bits per heavy atom. The highest BCUT2D eigenvalue weighted by Gasteiger charge is 2.65. The number of ether oxygens (including phenoxy) is 3. The van der Waals surface area contributed by atoms with Crippen LogP contribution in [-0.4, -0.2) is 52.7 Å². The summed E-state index contributed by atoms with van der Waals surface area (Å²) >= 11 is 0. The molecule has 0 spiro atoms. The van der Waals surface area contributed by atoms with Crippen molar-refractivity contribution in [1.82, 2.24) is 0 Å². The molecule has 34 heavy (non-hydrogen) atoms. The molecule has 7 atom stereocenters. The Balaban J connectivity index is 2.23. The Kier molecular flexibility index (Phi) is 7.41. The van der Waals surface area contributed by atoms with Crippen molar-refractivity contribution in [3.63, 3.8) is 0 Å². The molecular weight excluding hydrogens is 440 g/mol. The van der Waals surface area contributed by atoms with E-state index in [4.69, 9.17) is 14.2 Å². The molecule has 188 valence electrons. The zero-order chi connectivity index (χ0) is 25.4. The van der Waals surface area contributed by atoms with Crippen molar-refractivity contribution in [2.75, 3.05) is 0 Å². The second kappa shape index (κ2) is 9.64. The Labute approximate surface area is 200 Å². The van der Waals surface area contributed by atoms with E-state index >= 15 is 0 Å². The molecule has 1 fully saturated rings.